The van der Waals surface area contributed by atoms with Gasteiger partial charge in [-0.05, 0) is 49.4 Å². The minimum atomic E-state index is -1.29. The van der Waals surface area contributed by atoms with Gasteiger partial charge in [0.05, 0.1) is 0 Å². The van der Waals surface area contributed by atoms with E-state index in [2.05, 4.69) is 15.9 Å². The number of hydrogen-bond donors (Lipinski definition) is 1. The van der Waals surface area contributed by atoms with Gasteiger partial charge < -0.3 is 5.73 Å². The molecule has 0 heterocycles. The van der Waals surface area contributed by atoms with E-state index < -0.39 is 5.67 Å². The van der Waals surface area contributed by atoms with Crippen molar-refractivity contribution < 1.29 is 8.78 Å². The van der Waals surface area contributed by atoms with E-state index >= 15 is 0 Å². The van der Waals surface area contributed by atoms with Crippen molar-refractivity contribution >= 4 is 15.9 Å². The molecule has 4 heteroatoms. The first-order chi connectivity index (χ1) is 7.98. The average molecular weight is 304 g/mol. The smallest absolute Gasteiger partial charge is 0.126 e. The van der Waals surface area contributed by atoms with Gasteiger partial charge in [-0.25, -0.2) is 8.78 Å². The summed E-state index contributed by atoms with van der Waals surface area (Å²) in [4.78, 5) is 0. The van der Waals surface area contributed by atoms with Gasteiger partial charge in [-0.15, -0.1) is 0 Å². The van der Waals surface area contributed by atoms with Gasteiger partial charge in [0.2, 0.25) is 0 Å². The maximum Gasteiger partial charge on any atom is 0.126 e. The fourth-order valence-corrected chi connectivity index (χ4v) is 2.76. The summed E-state index contributed by atoms with van der Waals surface area (Å²) in [7, 11) is 0. The van der Waals surface area contributed by atoms with E-state index in [-0.39, 0.29) is 18.3 Å². The van der Waals surface area contributed by atoms with Crippen molar-refractivity contribution in [3.8, 4) is 0 Å². The Balaban J connectivity index is 2.12. The van der Waals surface area contributed by atoms with Crippen LogP contribution in [0.25, 0.3) is 0 Å². The average Bonchev–Trinajstić information content (AvgIpc) is 2.28. The van der Waals surface area contributed by atoms with Crippen LogP contribution < -0.4 is 5.73 Å². The van der Waals surface area contributed by atoms with Crippen molar-refractivity contribution in [3.63, 3.8) is 0 Å². The molecule has 0 atom stereocenters. The molecule has 0 spiro atoms. The van der Waals surface area contributed by atoms with Crippen molar-refractivity contribution in [2.45, 2.75) is 43.8 Å². The Morgan fingerprint density at radius 2 is 2.00 bits per heavy atom. The van der Waals surface area contributed by atoms with E-state index in [9.17, 15) is 8.78 Å². The Hall–Kier alpha value is -0.480. The number of rotatable bonds is 2. The summed E-state index contributed by atoms with van der Waals surface area (Å²) in [5, 5.41) is 0. The molecule has 0 saturated heterocycles. The molecule has 1 saturated carbocycles. The highest BCUT2D eigenvalue weighted by Gasteiger charge is 2.35. The van der Waals surface area contributed by atoms with Crippen molar-refractivity contribution in [1.29, 1.82) is 0 Å². The highest BCUT2D eigenvalue weighted by molar-refractivity contribution is 9.10. The molecule has 2 rings (SSSR count). The van der Waals surface area contributed by atoms with Gasteiger partial charge >= 0.3 is 0 Å². The topological polar surface area (TPSA) is 26.0 Å². The molecule has 1 aliphatic rings. The molecule has 0 bridgehead atoms. The van der Waals surface area contributed by atoms with Crippen LogP contribution in [0.5, 0.6) is 0 Å². The normalized spacial score (nSPS) is 29.3. The molecule has 0 amide bonds. The van der Waals surface area contributed by atoms with Gasteiger partial charge in [0, 0.05) is 16.9 Å². The molecule has 1 aromatic carbocycles. The van der Waals surface area contributed by atoms with Crippen LogP contribution in [0.15, 0.2) is 22.7 Å². The third-order valence-corrected chi connectivity index (χ3v) is 3.93. The van der Waals surface area contributed by atoms with Crippen molar-refractivity contribution in [2.75, 3.05) is 0 Å². The van der Waals surface area contributed by atoms with E-state index in [0.29, 0.717) is 31.2 Å². The maximum atomic E-state index is 14.5. The number of hydrogen-bond acceptors (Lipinski definition) is 1. The zero-order valence-electron chi connectivity index (χ0n) is 9.56. The fourth-order valence-electron chi connectivity index (χ4n) is 2.35. The van der Waals surface area contributed by atoms with Crippen molar-refractivity contribution in [2.24, 2.45) is 5.73 Å². The first-order valence-corrected chi connectivity index (χ1v) is 6.66. The van der Waals surface area contributed by atoms with Crippen LogP contribution in [0.3, 0.4) is 0 Å². The van der Waals surface area contributed by atoms with Gasteiger partial charge in [0.15, 0.2) is 0 Å². The second-order valence-corrected chi connectivity index (χ2v) is 5.82. The number of alkyl halides is 1. The van der Waals surface area contributed by atoms with Gasteiger partial charge in [0.25, 0.3) is 0 Å². The lowest BCUT2D eigenvalue weighted by atomic mass is 9.80. The minimum absolute atomic E-state index is 0.103. The monoisotopic (exact) mass is 303 g/mol. The number of halogens is 3. The lowest BCUT2D eigenvalue weighted by molar-refractivity contribution is 0.0984. The molecule has 94 valence electrons. The Labute approximate surface area is 109 Å². The zero-order chi connectivity index (χ0) is 12.5. The lowest BCUT2D eigenvalue weighted by Crippen LogP contribution is -2.37. The molecular formula is C13H16BrF2N. The van der Waals surface area contributed by atoms with Crippen LogP contribution in [0, 0.1) is 5.82 Å². The Bertz CT molecular complexity index is 400. The third-order valence-electron chi connectivity index (χ3n) is 3.44. The molecule has 0 aromatic heterocycles. The van der Waals surface area contributed by atoms with E-state index in [1.165, 1.54) is 6.07 Å². The summed E-state index contributed by atoms with van der Waals surface area (Å²) >= 11 is 3.28. The molecule has 1 nitrogen and oxygen atoms in total. The summed E-state index contributed by atoms with van der Waals surface area (Å²) < 4.78 is 28.8. The highest BCUT2D eigenvalue weighted by Crippen LogP contribution is 2.35. The van der Waals surface area contributed by atoms with Gasteiger partial charge in [-0.1, -0.05) is 15.9 Å². The van der Waals surface area contributed by atoms with Crippen LogP contribution in [-0.4, -0.2) is 11.7 Å². The third kappa shape index (κ3) is 3.26. The predicted molar refractivity (Wildman–Crippen MR) is 68.1 cm³/mol. The summed E-state index contributed by atoms with van der Waals surface area (Å²) in [5.74, 6) is -0.333. The number of nitrogens with two attached hydrogens (primary N) is 1. The van der Waals surface area contributed by atoms with Gasteiger partial charge in [-0.3, -0.25) is 0 Å². The van der Waals surface area contributed by atoms with E-state index in [1.807, 2.05) is 0 Å². The lowest BCUT2D eigenvalue weighted by Gasteiger charge is -2.32. The molecule has 0 aliphatic heterocycles. The highest BCUT2D eigenvalue weighted by atomic mass is 79.9. The Morgan fingerprint density at radius 3 is 2.65 bits per heavy atom. The van der Waals surface area contributed by atoms with E-state index in [4.69, 9.17) is 5.73 Å². The first kappa shape index (κ1) is 13.0. The van der Waals surface area contributed by atoms with Crippen LogP contribution in [0.2, 0.25) is 0 Å². The Morgan fingerprint density at radius 1 is 1.35 bits per heavy atom. The molecule has 1 aromatic rings. The summed E-state index contributed by atoms with van der Waals surface area (Å²) in [6.07, 6.45) is 2.38. The second kappa shape index (κ2) is 5.02. The SMILES string of the molecule is NC1CCC(F)(Cc2cc(Br)ccc2F)CC1. The summed E-state index contributed by atoms with van der Waals surface area (Å²) in [5.41, 5.74) is 4.90. The number of benzene rings is 1. The summed E-state index contributed by atoms with van der Waals surface area (Å²) in [6, 6.07) is 4.76. The molecule has 0 radical (unpaired) electrons. The minimum Gasteiger partial charge on any atom is -0.328 e. The van der Waals surface area contributed by atoms with E-state index in [1.54, 1.807) is 12.1 Å². The van der Waals surface area contributed by atoms with Crippen LogP contribution in [0.1, 0.15) is 31.2 Å². The quantitative estimate of drug-likeness (QED) is 0.885. The second-order valence-electron chi connectivity index (χ2n) is 4.90. The molecule has 0 unspecified atom stereocenters. The van der Waals surface area contributed by atoms with Crippen molar-refractivity contribution in [1.82, 2.24) is 0 Å². The largest absolute Gasteiger partial charge is 0.328 e. The van der Waals surface area contributed by atoms with Gasteiger partial charge in [0.1, 0.15) is 11.5 Å². The standard InChI is InChI=1S/C13H16BrF2N/c14-10-1-2-12(15)9(7-10)8-13(16)5-3-11(17)4-6-13/h1-2,7,11H,3-6,8,17H2. The van der Waals surface area contributed by atoms with Crippen LogP contribution >= 0.6 is 15.9 Å². The van der Waals surface area contributed by atoms with Gasteiger partial charge in [-0.2, -0.15) is 0 Å². The first-order valence-electron chi connectivity index (χ1n) is 5.87. The maximum absolute atomic E-state index is 14.5. The van der Waals surface area contributed by atoms with Crippen molar-refractivity contribution in [3.05, 3.63) is 34.1 Å². The zero-order valence-corrected chi connectivity index (χ0v) is 11.1. The van der Waals surface area contributed by atoms with Crippen LogP contribution in [-0.2, 0) is 6.42 Å². The fraction of sp³-hybridized carbons (Fsp3) is 0.538. The molecule has 1 aliphatic carbocycles. The summed E-state index contributed by atoms with van der Waals surface area (Å²) in [6.45, 7) is 0. The molecule has 2 N–H and O–H groups in total. The predicted octanol–water partition coefficient (Wildman–Crippen LogP) is 3.74. The Kier molecular flexibility index (Phi) is 3.83. The van der Waals surface area contributed by atoms with E-state index in [0.717, 1.165) is 4.47 Å². The van der Waals surface area contributed by atoms with Crippen LogP contribution in [0.4, 0.5) is 8.78 Å². The molecular weight excluding hydrogens is 288 g/mol. The molecule has 17 heavy (non-hydrogen) atoms. The molecule has 1 fully saturated rings.